The van der Waals surface area contributed by atoms with Crippen LogP contribution in [0.1, 0.15) is 0 Å². The van der Waals surface area contributed by atoms with E-state index in [0.29, 0.717) is 10.8 Å². The van der Waals surface area contributed by atoms with Gasteiger partial charge in [-0.1, -0.05) is 11.6 Å². The van der Waals surface area contributed by atoms with E-state index in [4.69, 9.17) is 16.3 Å². The Bertz CT molecular complexity index is 422. The number of carbonyl (C=O) groups excluding carboxylic acids is 2. The summed E-state index contributed by atoms with van der Waals surface area (Å²) in [5, 5.41) is 5.41. The van der Waals surface area contributed by atoms with E-state index in [1.54, 1.807) is 24.3 Å². The second kappa shape index (κ2) is 8.20. The van der Waals surface area contributed by atoms with Gasteiger partial charge in [-0.05, 0) is 24.3 Å². The van der Waals surface area contributed by atoms with Crippen LogP contribution in [0.2, 0.25) is 5.02 Å². The Hall–Kier alpha value is -1.95. The minimum Gasteiger partial charge on any atom is -0.492 e. The van der Waals surface area contributed by atoms with E-state index in [0.717, 1.165) is 0 Å². The second-order valence-electron chi connectivity index (χ2n) is 3.48. The summed E-state index contributed by atoms with van der Waals surface area (Å²) in [4.78, 5) is 21.9. The first-order valence-electron chi connectivity index (χ1n) is 5.61. The van der Waals surface area contributed by atoms with Gasteiger partial charge in [-0.3, -0.25) is 4.79 Å². The fourth-order valence-electron chi connectivity index (χ4n) is 1.11. The topological polar surface area (TPSA) is 76.7 Å². The number of nitrogens with one attached hydrogen (secondary N) is 2. The molecule has 2 N–H and O–H groups in total. The molecule has 0 fully saturated rings. The highest BCUT2D eigenvalue weighted by Gasteiger charge is 2.04. The molecule has 0 aliphatic heterocycles. The molecule has 0 radical (unpaired) electrons. The maximum absolute atomic E-state index is 11.1. The molecule has 0 saturated carbocycles. The standard InChI is InChI=1S/C12H15ClN2O4/c1-14-11(16)8-19-12(17)15-6-7-18-10-4-2-9(13)3-5-10/h2-5H,6-8H2,1H3,(H,14,16)(H,15,17). The first kappa shape index (κ1) is 15.1. The van der Waals surface area contributed by atoms with Crippen molar-refractivity contribution in [2.24, 2.45) is 0 Å². The van der Waals surface area contributed by atoms with Crippen molar-refractivity contribution in [1.29, 1.82) is 0 Å². The lowest BCUT2D eigenvalue weighted by atomic mass is 10.3. The third kappa shape index (κ3) is 6.52. The van der Waals surface area contributed by atoms with Gasteiger partial charge in [0.2, 0.25) is 0 Å². The largest absolute Gasteiger partial charge is 0.492 e. The quantitative estimate of drug-likeness (QED) is 0.770. The van der Waals surface area contributed by atoms with Crippen molar-refractivity contribution in [2.45, 2.75) is 0 Å². The zero-order chi connectivity index (χ0) is 14.1. The van der Waals surface area contributed by atoms with Crippen molar-refractivity contribution < 1.29 is 19.1 Å². The van der Waals surface area contributed by atoms with Crippen LogP contribution in [-0.2, 0) is 9.53 Å². The summed E-state index contributed by atoms with van der Waals surface area (Å²) >= 11 is 5.73. The molecular weight excluding hydrogens is 272 g/mol. The van der Waals surface area contributed by atoms with Gasteiger partial charge in [0, 0.05) is 12.1 Å². The molecule has 0 aliphatic carbocycles. The van der Waals surface area contributed by atoms with Crippen molar-refractivity contribution in [2.75, 3.05) is 26.8 Å². The monoisotopic (exact) mass is 286 g/mol. The van der Waals surface area contributed by atoms with Crippen LogP contribution in [-0.4, -0.2) is 38.8 Å². The number of rotatable bonds is 6. The van der Waals surface area contributed by atoms with Crippen molar-refractivity contribution in [3.63, 3.8) is 0 Å². The highest BCUT2D eigenvalue weighted by Crippen LogP contribution is 2.14. The lowest BCUT2D eigenvalue weighted by Gasteiger charge is -2.08. The van der Waals surface area contributed by atoms with Crippen LogP contribution in [0.25, 0.3) is 0 Å². The summed E-state index contributed by atoms with van der Waals surface area (Å²) in [6.45, 7) is 0.256. The molecule has 104 valence electrons. The lowest BCUT2D eigenvalue weighted by Crippen LogP contribution is -2.32. The molecule has 6 nitrogen and oxygen atoms in total. The average molecular weight is 287 g/mol. The van der Waals surface area contributed by atoms with E-state index in [2.05, 4.69) is 15.4 Å². The Morgan fingerprint density at radius 2 is 1.95 bits per heavy atom. The molecule has 1 aromatic rings. The summed E-state index contributed by atoms with van der Waals surface area (Å²) < 4.78 is 9.98. The van der Waals surface area contributed by atoms with Gasteiger partial charge in [-0.25, -0.2) is 4.79 Å². The highest BCUT2D eigenvalue weighted by molar-refractivity contribution is 6.30. The number of halogens is 1. The van der Waals surface area contributed by atoms with Gasteiger partial charge in [-0.15, -0.1) is 0 Å². The van der Waals surface area contributed by atoms with E-state index in [-0.39, 0.29) is 25.7 Å². The third-order valence-corrected chi connectivity index (χ3v) is 2.32. The number of hydrogen-bond donors (Lipinski definition) is 2. The number of ether oxygens (including phenoxy) is 2. The van der Waals surface area contributed by atoms with Gasteiger partial charge in [0.05, 0.1) is 6.54 Å². The minimum atomic E-state index is -0.664. The van der Waals surface area contributed by atoms with E-state index >= 15 is 0 Å². The molecule has 19 heavy (non-hydrogen) atoms. The number of hydrogen-bond acceptors (Lipinski definition) is 4. The van der Waals surface area contributed by atoms with Crippen molar-refractivity contribution in [3.8, 4) is 5.75 Å². The smallest absolute Gasteiger partial charge is 0.407 e. The molecule has 0 saturated heterocycles. The predicted octanol–water partition coefficient (Wildman–Crippen LogP) is 1.19. The first-order valence-corrected chi connectivity index (χ1v) is 5.99. The van der Waals surface area contributed by atoms with Gasteiger partial charge >= 0.3 is 6.09 Å². The average Bonchev–Trinajstić information content (AvgIpc) is 2.42. The fourth-order valence-corrected chi connectivity index (χ4v) is 1.23. The van der Waals surface area contributed by atoms with Crippen LogP contribution in [0.5, 0.6) is 5.75 Å². The highest BCUT2D eigenvalue weighted by atomic mass is 35.5. The Morgan fingerprint density at radius 1 is 1.26 bits per heavy atom. The van der Waals surface area contributed by atoms with E-state index < -0.39 is 6.09 Å². The zero-order valence-electron chi connectivity index (χ0n) is 10.4. The number of amides is 2. The summed E-state index contributed by atoms with van der Waals surface area (Å²) in [6.07, 6.45) is -0.664. The lowest BCUT2D eigenvalue weighted by molar-refractivity contribution is -0.123. The van der Waals surface area contributed by atoms with Crippen LogP contribution >= 0.6 is 11.6 Å². The molecular formula is C12H15ClN2O4. The second-order valence-corrected chi connectivity index (χ2v) is 3.91. The Morgan fingerprint density at radius 3 is 2.58 bits per heavy atom. The zero-order valence-corrected chi connectivity index (χ0v) is 11.2. The minimum absolute atomic E-state index is 0.273. The first-order chi connectivity index (χ1) is 9.11. The summed E-state index contributed by atoms with van der Waals surface area (Å²) in [5.41, 5.74) is 0. The normalized spacial score (nSPS) is 9.58. The number of benzene rings is 1. The molecule has 1 aromatic carbocycles. The summed E-state index contributed by atoms with van der Waals surface area (Å²) in [6, 6.07) is 6.88. The van der Waals surface area contributed by atoms with Crippen LogP contribution in [0, 0.1) is 0 Å². The van der Waals surface area contributed by atoms with Crippen molar-refractivity contribution in [1.82, 2.24) is 10.6 Å². The van der Waals surface area contributed by atoms with Gasteiger partial charge < -0.3 is 20.1 Å². The third-order valence-electron chi connectivity index (χ3n) is 2.07. The predicted molar refractivity (Wildman–Crippen MR) is 70.4 cm³/mol. The number of alkyl carbamates (subject to hydrolysis) is 1. The van der Waals surface area contributed by atoms with Crippen LogP contribution in [0.15, 0.2) is 24.3 Å². The van der Waals surface area contributed by atoms with Gasteiger partial charge in [-0.2, -0.15) is 0 Å². The summed E-state index contributed by atoms with van der Waals surface area (Å²) in [7, 11) is 1.46. The van der Waals surface area contributed by atoms with E-state index in [1.807, 2.05) is 0 Å². The van der Waals surface area contributed by atoms with Gasteiger partial charge in [0.15, 0.2) is 6.61 Å². The van der Waals surface area contributed by atoms with Crippen LogP contribution < -0.4 is 15.4 Å². The van der Waals surface area contributed by atoms with E-state index in [9.17, 15) is 9.59 Å². The molecule has 1 rings (SSSR count). The molecule has 2 amide bonds. The number of carbonyl (C=O) groups is 2. The maximum atomic E-state index is 11.1. The molecule has 0 spiro atoms. The van der Waals surface area contributed by atoms with Crippen LogP contribution in [0.4, 0.5) is 4.79 Å². The van der Waals surface area contributed by atoms with Crippen molar-refractivity contribution in [3.05, 3.63) is 29.3 Å². The summed E-state index contributed by atoms with van der Waals surface area (Å²) in [5.74, 6) is 0.289. The van der Waals surface area contributed by atoms with Gasteiger partial charge in [0.1, 0.15) is 12.4 Å². The Balaban J connectivity index is 2.11. The van der Waals surface area contributed by atoms with Gasteiger partial charge in [0.25, 0.3) is 5.91 Å². The SMILES string of the molecule is CNC(=O)COC(=O)NCCOc1ccc(Cl)cc1. The Kier molecular flexibility index (Phi) is 6.52. The Labute approximate surface area is 116 Å². The van der Waals surface area contributed by atoms with Crippen molar-refractivity contribution >= 4 is 23.6 Å². The van der Waals surface area contributed by atoms with Crippen LogP contribution in [0.3, 0.4) is 0 Å². The molecule has 0 atom stereocenters. The maximum Gasteiger partial charge on any atom is 0.407 e. The van der Waals surface area contributed by atoms with E-state index in [1.165, 1.54) is 7.05 Å². The molecule has 0 aliphatic rings. The fraction of sp³-hybridized carbons (Fsp3) is 0.333. The molecule has 7 heteroatoms. The molecule has 0 bridgehead atoms. The number of likely N-dealkylation sites (N-methyl/N-ethyl adjacent to an activating group) is 1. The molecule has 0 aromatic heterocycles. The molecule has 0 unspecified atom stereocenters. The molecule has 0 heterocycles.